The quantitative estimate of drug-likeness (QED) is 0.756. The highest BCUT2D eigenvalue weighted by Gasteiger charge is 2.30. The Labute approximate surface area is 87.8 Å². The third kappa shape index (κ3) is 2.18. The number of carbonyl (C=O) groups is 1. The van der Waals surface area contributed by atoms with Gasteiger partial charge in [-0.25, -0.2) is 4.98 Å². The molecule has 1 aliphatic rings. The molecule has 0 radical (unpaired) electrons. The van der Waals surface area contributed by atoms with Gasteiger partial charge in [0, 0.05) is 24.9 Å². The number of amides is 1. The number of likely N-dealkylation sites (tertiary alicyclic amines) is 1. The predicted molar refractivity (Wildman–Crippen MR) is 55.3 cm³/mol. The normalized spacial score (nSPS) is 15.9. The molecule has 1 fully saturated rings. The minimum Gasteiger partial charge on any atom is -0.471 e. The van der Waals surface area contributed by atoms with Gasteiger partial charge in [-0.05, 0) is 6.07 Å². The Morgan fingerprint density at radius 2 is 2.40 bits per heavy atom. The molecule has 0 atom stereocenters. The molecule has 0 unspecified atom stereocenters. The maximum Gasteiger partial charge on any atom is 0.219 e. The maximum atomic E-state index is 10.9. The zero-order valence-corrected chi connectivity index (χ0v) is 8.51. The Bertz CT molecular complexity index is 375. The van der Waals surface area contributed by atoms with E-state index in [9.17, 15) is 4.79 Å². The van der Waals surface area contributed by atoms with Crippen LogP contribution >= 0.6 is 0 Å². The lowest BCUT2D eigenvalue weighted by Gasteiger charge is -2.37. The van der Waals surface area contributed by atoms with Crippen molar-refractivity contribution in [2.45, 2.75) is 13.0 Å². The van der Waals surface area contributed by atoms with Crippen LogP contribution in [0.3, 0.4) is 0 Å². The van der Waals surface area contributed by atoms with Crippen molar-refractivity contribution in [2.75, 3.05) is 18.8 Å². The summed E-state index contributed by atoms with van der Waals surface area (Å²) in [5.41, 5.74) is 6.21. The van der Waals surface area contributed by atoms with E-state index in [1.807, 2.05) is 0 Å². The average molecular weight is 207 g/mol. The molecule has 0 bridgehead atoms. The molecule has 0 spiro atoms. The monoisotopic (exact) mass is 207 g/mol. The predicted octanol–water partition coefficient (Wildman–Crippen LogP) is 0.273. The van der Waals surface area contributed by atoms with Crippen LogP contribution in [-0.4, -0.2) is 35.0 Å². The third-order valence-corrected chi connectivity index (χ3v) is 2.34. The van der Waals surface area contributed by atoms with Gasteiger partial charge in [0.15, 0.2) is 0 Å². The summed E-state index contributed by atoms with van der Waals surface area (Å²) in [5.74, 6) is 0.596. The van der Waals surface area contributed by atoms with E-state index in [-0.39, 0.29) is 12.0 Å². The van der Waals surface area contributed by atoms with E-state index >= 15 is 0 Å². The summed E-state index contributed by atoms with van der Waals surface area (Å²) in [7, 11) is 0. The lowest BCUT2D eigenvalue weighted by Crippen LogP contribution is -2.55. The number of hydrogen-bond acceptors (Lipinski definition) is 4. The summed E-state index contributed by atoms with van der Waals surface area (Å²) in [4.78, 5) is 16.7. The van der Waals surface area contributed by atoms with Crippen LogP contribution in [0.2, 0.25) is 0 Å². The smallest absolute Gasteiger partial charge is 0.219 e. The first-order valence-electron chi connectivity index (χ1n) is 4.79. The van der Waals surface area contributed by atoms with Crippen LogP contribution in [0.1, 0.15) is 6.92 Å². The van der Waals surface area contributed by atoms with Crippen LogP contribution < -0.4 is 10.5 Å². The first kappa shape index (κ1) is 9.76. The van der Waals surface area contributed by atoms with Gasteiger partial charge in [-0.3, -0.25) is 4.79 Å². The largest absolute Gasteiger partial charge is 0.471 e. The van der Waals surface area contributed by atoms with Gasteiger partial charge in [-0.2, -0.15) is 0 Å². The number of rotatable bonds is 2. The van der Waals surface area contributed by atoms with Gasteiger partial charge in [0.05, 0.1) is 13.1 Å². The molecule has 2 heterocycles. The minimum atomic E-state index is 0.0446. The number of nitrogens with zero attached hydrogens (tertiary/aromatic N) is 2. The lowest BCUT2D eigenvalue weighted by atomic mass is 10.2. The fourth-order valence-electron chi connectivity index (χ4n) is 1.43. The number of nitrogens with two attached hydrogens (primary N) is 1. The molecule has 1 aliphatic heterocycles. The lowest BCUT2D eigenvalue weighted by molar-refractivity contribution is -0.137. The molecule has 1 aromatic heterocycles. The number of pyridine rings is 1. The van der Waals surface area contributed by atoms with E-state index < -0.39 is 0 Å². The van der Waals surface area contributed by atoms with Crippen molar-refractivity contribution in [3.63, 3.8) is 0 Å². The summed E-state index contributed by atoms with van der Waals surface area (Å²) in [6.45, 7) is 2.81. The minimum absolute atomic E-state index is 0.0446. The van der Waals surface area contributed by atoms with Gasteiger partial charge >= 0.3 is 0 Å². The summed E-state index contributed by atoms with van der Waals surface area (Å²) >= 11 is 0. The molecule has 0 aromatic carbocycles. The number of nitrogen functional groups attached to an aromatic ring is 1. The summed E-state index contributed by atoms with van der Waals surface area (Å²) in [5, 5.41) is 0. The van der Waals surface area contributed by atoms with Gasteiger partial charge in [0.2, 0.25) is 11.8 Å². The summed E-state index contributed by atoms with van der Waals surface area (Å²) in [6, 6.07) is 3.38. The molecule has 5 heteroatoms. The zero-order chi connectivity index (χ0) is 10.8. The fourth-order valence-corrected chi connectivity index (χ4v) is 1.43. The number of aromatic nitrogens is 1. The standard InChI is InChI=1S/C10H13N3O2/c1-7(14)13-5-9(6-13)15-10-4-8(11)2-3-12-10/h2-4,9H,5-6H2,1H3,(H2,11,12). The van der Waals surface area contributed by atoms with Crippen LogP contribution in [0.25, 0.3) is 0 Å². The molecular formula is C10H13N3O2. The van der Waals surface area contributed by atoms with Gasteiger partial charge in [0.1, 0.15) is 6.10 Å². The van der Waals surface area contributed by atoms with Crippen molar-refractivity contribution in [1.29, 1.82) is 0 Å². The molecule has 2 rings (SSSR count). The Hall–Kier alpha value is -1.78. The van der Waals surface area contributed by atoms with E-state index in [4.69, 9.17) is 10.5 Å². The number of anilines is 1. The van der Waals surface area contributed by atoms with Gasteiger partial charge in [-0.1, -0.05) is 0 Å². The van der Waals surface area contributed by atoms with Crippen molar-refractivity contribution < 1.29 is 9.53 Å². The third-order valence-electron chi connectivity index (χ3n) is 2.34. The van der Waals surface area contributed by atoms with Crippen LogP contribution in [0.5, 0.6) is 5.88 Å². The van der Waals surface area contributed by atoms with Crippen LogP contribution in [-0.2, 0) is 4.79 Å². The molecule has 1 aromatic rings. The van der Waals surface area contributed by atoms with Crippen LogP contribution in [0.15, 0.2) is 18.3 Å². The molecule has 80 valence electrons. The average Bonchev–Trinajstić information content (AvgIpc) is 2.10. The highest BCUT2D eigenvalue weighted by Crippen LogP contribution is 2.17. The highest BCUT2D eigenvalue weighted by molar-refractivity contribution is 5.74. The highest BCUT2D eigenvalue weighted by atomic mass is 16.5. The van der Waals surface area contributed by atoms with Crippen LogP contribution in [0, 0.1) is 0 Å². The van der Waals surface area contributed by atoms with E-state index in [2.05, 4.69) is 4.98 Å². The van der Waals surface area contributed by atoms with E-state index in [1.165, 1.54) is 0 Å². The molecule has 2 N–H and O–H groups in total. The SMILES string of the molecule is CC(=O)N1CC(Oc2cc(N)ccn2)C1. The molecular weight excluding hydrogens is 194 g/mol. The fraction of sp³-hybridized carbons (Fsp3) is 0.400. The second kappa shape index (κ2) is 3.76. The van der Waals surface area contributed by atoms with Gasteiger partial charge < -0.3 is 15.4 Å². The van der Waals surface area contributed by atoms with Crippen molar-refractivity contribution in [3.05, 3.63) is 18.3 Å². The molecule has 1 saturated heterocycles. The second-order valence-electron chi connectivity index (χ2n) is 3.59. The number of carbonyl (C=O) groups excluding carboxylic acids is 1. The molecule has 5 nitrogen and oxygen atoms in total. The zero-order valence-electron chi connectivity index (χ0n) is 8.51. The summed E-state index contributed by atoms with van der Waals surface area (Å²) < 4.78 is 5.53. The Balaban J connectivity index is 1.87. The molecule has 1 amide bonds. The number of hydrogen-bond donors (Lipinski definition) is 1. The van der Waals surface area contributed by atoms with E-state index in [0.717, 1.165) is 0 Å². The van der Waals surface area contributed by atoms with Crippen molar-refractivity contribution in [3.8, 4) is 5.88 Å². The van der Waals surface area contributed by atoms with Gasteiger partial charge in [-0.15, -0.1) is 0 Å². The van der Waals surface area contributed by atoms with Crippen molar-refractivity contribution in [1.82, 2.24) is 9.88 Å². The maximum absolute atomic E-state index is 10.9. The van der Waals surface area contributed by atoms with Crippen molar-refractivity contribution >= 4 is 11.6 Å². The Kier molecular flexibility index (Phi) is 2.45. The molecule has 0 aliphatic carbocycles. The second-order valence-corrected chi connectivity index (χ2v) is 3.59. The van der Waals surface area contributed by atoms with Crippen LogP contribution in [0.4, 0.5) is 5.69 Å². The Morgan fingerprint density at radius 3 is 3.00 bits per heavy atom. The van der Waals surface area contributed by atoms with Crippen molar-refractivity contribution in [2.24, 2.45) is 0 Å². The van der Waals surface area contributed by atoms with E-state index in [0.29, 0.717) is 24.7 Å². The molecule has 15 heavy (non-hydrogen) atoms. The van der Waals surface area contributed by atoms with E-state index in [1.54, 1.807) is 30.2 Å². The Morgan fingerprint density at radius 1 is 1.67 bits per heavy atom. The topological polar surface area (TPSA) is 68.5 Å². The number of ether oxygens (including phenoxy) is 1. The first-order valence-corrected chi connectivity index (χ1v) is 4.79. The first-order chi connectivity index (χ1) is 7.15. The molecule has 0 saturated carbocycles. The van der Waals surface area contributed by atoms with Gasteiger partial charge in [0.25, 0.3) is 0 Å². The summed E-state index contributed by atoms with van der Waals surface area (Å²) in [6.07, 6.45) is 1.65.